The van der Waals surface area contributed by atoms with E-state index in [9.17, 15) is 92.3 Å². The van der Waals surface area contributed by atoms with E-state index >= 15 is 9.59 Å². The number of hydrogen-bond donors (Lipinski definition) is 18. The number of hydrogen-bond acceptors (Lipinski definition) is 25. The van der Waals surface area contributed by atoms with Crippen LogP contribution in [0.3, 0.4) is 0 Å². The maximum Gasteiger partial charge on any atom is 0.305 e. The lowest BCUT2D eigenvalue weighted by atomic mass is 10.0. The first-order valence-electron chi connectivity index (χ1n) is 34.2. The molecule has 0 spiro atoms. The van der Waals surface area contributed by atoms with Crippen LogP contribution in [0, 0.1) is 0 Å². The SMILES string of the molecule is C[C@@H]1NC(=O)[C@H](Cc2ccccc2)NC(=O)[C@@H]2CSSC[C@H](NC(=O)CN)C(=O)N[C@@H](CSSC[C@@H](C(N)=O)NC(=O)[C@H](CC(=O)O)NC(=O)[C@@H]3CCCN3C(=O)[C@H](CC(N)=O)NC(=O)[C@H]([C@@H](C)O)NC1=O)C(=O)NC(CO)C(=O)N[C@@H](Cc1ccc(O)cc1)C(=O)N1CCC[C@H]1C(=O)N1CCC[C@H]1C(=O)N2. The Morgan fingerprint density at radius 2 is 0.991 bits per heavy atom. The fourth-order valence-electron chi connectivity index (χ4n) is 12.3. The molecule has 42 heteroatoms. The number of rotatable bonds is 13. The third-order valence-electron chi connectivity index (χ3n) is 17.9. The first-order valence-corrected chi connectivity index (χ1v) is 39.2. The molecule has 0 aromatic heterocycles. The van der Waals surface area contributed by atoms with Crippen molar-refractivity contribution in [1.29, 1.82) is 0 Å². The van der Waals surface area contributed by atoms with E-state index in [1.54, 1.807) is 30.3 Å². The van der Waals surface area contributed by atoms with Gasteiger partial charge in [0.2, 0.25) is 94.5 Å². The molecule has 1 unspecified atom stereocenters. The Balaban J connectivity index is 1.32. The summed E-state index contributed by atoms with van der Waals surface area (Å²) >= 11 is 0. The molecular formula is C65H89N17O21S4. The second kappa shape index (κ2) is 40.5. The number of carbonyl (C=O) groups is 17. The Morgan fingerprint density at radius 1 is 0.514 bits per heavy atom. The van der Waals surface area contributed by atoms with Gasteiger partial charge in [-0.05, 0) is 75.6 Å². The van der Waals surface area contributed by atoms with Crippen LogP contribution in [0.25, 0.3) is 0 Å². The van der Waals surface area contributed by atoms with Gasteiger partial charge in [-0.3, -0.25) is 81.5 Å². The maximum atomic E-state index is 15.0. The largest absolute Gasteiger partial charge is 0.508 e. The third kappa shape index (κ3) is 24.3. The van der Waals surface area contributed by atoms with Gasteiger partial charge in [0.25, 0.3) is 0 Å². The molecule has 0 saturated carbocycles. The Bertz CT molecular complexity index is 3650. The number of aliphatic carboxylic acids is 1. The number of nitrogens with one attached hydrogen (secondary N) is 11. The number of phenols is 1. The highest BCUT2D eigenvalue weighted by Crippen LogP contribution is 2.30. The number of carboxylic acids is 1. The van der Waals surface area contributed by atoms with E-state index in [4.69, 9.17) is 17.2 Å². The van der Waals surface area contributed by atoms with Crippen LogP contribution in [-0.4, -0.2) is 282 Å². The molecule has 5 fully saturated rings. The number of fused-ring (bicyclic) bond motifs is 11. The molecule has 107 heavy (non-hydrogen) atoms. The Labute approximate surface area is 628 Å². The van der Waals surface area contributed by atoms with Crippen LogP contribution in [0.5, 0.6) is 5.75 Å². The molecule has 0 aliphatic carbocycles. The van der Waals surface area contributed by atoms with Crippen molar-refractivity contribution in [1.82, 2.24) is 73.2 Å². The number of phenolic OH excluding ortho intramolecular Hbond substituents is 1. The van der Waals surface area contributed by atoms with Crippen molar-refractivity contribution in [3.05, 3.63) is 65.7 Å². The fourth-order valence-corrected chi connectivity index (χ4v) is 16.9. The lowest BCUT2D eigenvalue weighted by Gasteiger charge is -2.33. The molecule has 5 aliphatic rings. The van der Waals surface area contributed by atoms with E-state index in [0.29, 0.717) is 11.1 Å². The molecule has 0 radical (unpaired) electrons. The van der Waals surface area contributed by atoms with Crippen molar-refractivity contribution < 1.29 is 102 Å². The normalized spacial score (nSPS) is 28.5. The van der Waals surface area contributed by atoms with Gasteiger partial charge < -0.3 is 111 Å². The molecule has 21 N–H and O–H groups in total. The van der Waals surface area contributed by atoms with Crippen LogP contribution in [0.2, 0.25) is 0 Å². The van der Waals surface area contributed by atoms with E-state index in [1.165, 1.54) is 41.0 Å². The number of carbonyl (C=O) groups excluding carboxylic acids is 16. The summed E-state index contributed by atoms with van der Waals surface area (Å²) in [7, 11) is 3.20. The lowest BCUT2D eigenvalue weighted by Crippen LogP contribution is -2.62. The van der Waals surface area contributed by atoms with Crippen molar-refractivity contribution in [3.63, 3.8) is 0 Å². The number of amides is 16. The fraction of sp³-hybridized carbons (Fsp3) is 0.554. The monoisotopic (exact) mass is 1570 g/mol. The number of nitrogens with two attached hydrogens (primary N) is 3. The van der Waals surface area contributed by atoms with Gasteiger partial charge in [-0.25, -0.2) is 0 Å². The molecule has 7 rings (SSSR count). The van der Waals surface area contributed by atoms with Crippen molar-refractivity contribution in [2.45, 2.75) is 169 Å². The van der Waals surface area contributed by atoms with Gasteiger partial charge in [-0.1, -0.05) is 85.6 Å². The first kappa shape index (κ1) is 84.8. The molecule has 15 atom stereocenters. The summed E-state index contributed by atoms with van der Waals surface area (Å²) < 4.78 is 0. The van der Waals surface area contributed by atoms with Gasteiger partial charge in [-0.2, -0.15) is 0 Å². The molecular weight excluding hydrogens is 1480 g/mol. The van der Waals surface area contributed by atoms with Crippen molar-refractivity contribution in [2.75, 3.05) is 55.8 Å². The summed E-state index contributed by atoms with van der Waals surface area (Å²) in [4.78, 5) is 243. The highest BCUT2D eigenvalue weighted by atomic mass is 33.1. The summed E-state index contributed by atoms with van der Waals surface area (Å²) in [5.41, 5.74) is 17.8. The number of aliphatic hydroxyl groups is 2. The first-order chi connectivity index (χ1) is 50.9. The topological polar surface area (TPSA) is 591 Å². The van der Waals surface area contributed by atoms with Gasteiger partial charge in [0.1, 0.15) is 90.3 Å². The maximum absolute atomic E-state index is 15.0. The predicted octanol–water partition coefficient (Wildman–Crippen LogP) is -7.54. The minimum absolute atomic E-state index is 0.00468. The Morgan fingerprint density at radius 3 is 1.56 bits per heavy atom. The van der Waals surface area contributed by atoms with E-state index in [2.05, 4.69) is 58.5 Å². The molecule has 2 bridgehead atoms. The van der Waals surface area contributed by atoms with Gasteiger partial charge in [0.05, 0.1) is 32.1 Å². The van der Waals surface area contributed by atoms with Crippen LogP contribution in [0.4, 0.5) is 0 Å². The molecule has 5 heterocycles. The molecule has 5 aliphatic heterocycles. The zero-order valence-electron chi connectivity index (χ0n) is 58.2. The third-order valence-corrected chi connectivity index (χ3v) is 22.8. The van der Waals surface area contributed by atoms with Gasteiger partial charge in [0.15, 0.2) is 0 Å². The van der Waals surface area contributed by atoms with Gasteiger partial charge >= 0.3 is 5.97 Å². The Kier molecular flexibility index (Phi) is 32.1. The van der Waals surface area contributed by atoms with Crippen molar-refractivity contribution >= 4 is 144 Å². The molecule has 2 aromatic carbocycles. The average molecular weight is 1570 g/mol. The molecule has 38 nitrogen and oxygen atoms in total. The number of primary amides is 2. The average Bonchev–Trinajstić information content (AvgIpc) is 1.68. The summed E-state index contributed by atoms with van der Waals surface area (Å²) in [6, 6.07) is -9.48. The van der Waals surface area contributed by atoms with Crippen LogP contribution in [0.1, 0.15) is 76.3 Å². The number of aromatic hydroxyl groups is 1. The number of benzene rings is 2. The van der Waals surface area contributed by atoms with Crippen molar-refractivity contribution in [3.8, 4) is 5.75 Å². The summed E-state index contributed by atoms with van der Waals surface area (Å²) in [5, 5.41) is 68.7. The smallest absolute Gasteiger partial charge is 0.305 e. The highest BCUT2D eigenvalue weighted by molar-refractivity contribution is 8.77. The predicted molar refractivity (Wildman–Crippen MR) is 386 cm³/mol. The standard InChI is InChI=1S/C65H89N17O21S4/c1-31-53(91)79-51(32(2)84)62(100)74-39(23-48(67)86)64(102)80-18-6-11-45(80)60(98)72-37(24-50(88)89)55(93)76-41(52(68)90)27-104-106-29-43-59(97)75-40(26-83)56(94)73-38(22-34-14-16-35(85)17-15-34)63(101)82-20-8-13-47(82)65(103)81-19-7-12-46(81)61(99)78-44(30-107-105-28-42(57(95)77-43)70-49(87)25-66)58(96)71-36(54(92)69-31)21-33-9-4-3-5-10-33/h3-5,9-10,14-17,31-32,36-47,51,83-85H,6-8,11-13,18-30,66H2,1-2H3,(H2,67,86)(H2,68,90)(H,69,92)(H,70,87)(H,71,96)(H,72,98)(H,73,94)(H,74,100)(H,75,97)(H,76,93)(H,77,95)(H,78,99)(H,79,91)(H,88,89)/t31-,32+,36-,37-,38-,39-,40?,41-,42-,43-,44-,45-,46-,47-,51-/m0/s1. The zero-order chi connectivity index (χ0) is 78.3. The van der Waals surface area contributed by atoms with Crippen molar-refractivity contribution in [2.24, 2.45) is 17.2 Å². The number of carboxylic acid groups (broad SMARTS) is 1. The number of aliphatic hydroxyl groups excluding tert-OH is 2. The van der Waals surface area contributed by atoms with E-state index < -0.39 is 240 Å². The lowest BCUT2D eigenvalue weighted by molar-refractivity contribution is -0.148. The summed E-state index contributed by atoms with van der Waals surface area (Å²) in [6.07, 6.45) is -3.71. The second-order valence-corrected chi connectivity index (χ2v) is 31.0. The molecule has 5 saturated heterocycles. The second-order valence-electron chi connectivity index (χ2n) is 25.9. The van der Waals surface area contributed by atoms with E-state index in [0.717, 1.165) is 55.0 Å². The minimum atomic E-state index is -1.99. The highest BCUT2D eigenvalue weighted by Gasteiger charge is 2.46. The number of nitrogens with zero attached hydrogens (tertiary/aromatic N) is 3. The van der Waals surface area contributed by atoms with E-state index in [-0.39, 0.29) is 76.8 Å². The van der Waals surface area contributed by atoms with Crippen LogP contribution in [-0.2, 0) is 94.3 Å². The molecule has 16 amide bonds. The molecule has 2 aromatic rings. The Hall–Kier alpha value is -9.49. The van der Waals surface area contributed by atoms with Crippen LogP contribution >= 0.6 is 43.2 Å². The summed E-state index contributed by atoms with van der Waals surface area (Å²) in [6.45, 7) is 0.222. The zero-order valence-corrected chi connectivity index (χ0v) is 61.5. The van der Waals surface area contributed by atoms with Crippen LogP contribution in [0.15, 0.2) is 54.6 Å². The summed E-state index contributed by atoms with van der Waals surface area (Å²) in [5.74, 6) is -20.5. The van der Waals surface area contributed by atoms with Gasteiger partial charge in [0, 0.05) is 55.5 Å². The minimum Gasteiger partial charge on any atom is -0.508 e. The molecule has 584 valence electrons. The van der Waals surface area contributed by atoms with E-state index in [1.807, 2.05) is 0 Å². The quantitative estimate of drug-likeness (QED) is 0.0829. The van der Waals surface area contributed by atoms with Gasteiger partial charge in [-0.15, -0.1) is 0 Å². The van der Waals surface area contributed by atoms with Crippen LogP contribution < -0.4 is 75.7 Å².